The van der Waals surface area contributed by atoms with Crippen molar-refractivity contribution in [3.8, 4) is 0 Å². The van der Waals surface area contributed by atoms with Crippen LogP contribution in [0.4, 0.5) is 5.69 Å². The van der Waals surface area contributed by atoms with E-state index in [2.05, 4.69) is 10.3 Å². The summed E-state index contributed by atoms with van der Waals surface area (Å²) in [5.74, 6) is 0.159. The van der Waals surface area contributed by atoms with Crippen molar-refractivity contribution >= 4 is 17.5 Å². The van der Waals surface area contributed by atoms with E-state index in [4.69, 9.17) is 4.42 Å². The van der Waals surface area contributed by atoms with E-state index in [-0.39, 0.29) is 11.7 Å². The zero-order valence-corrected chi connectivity index (χ0v) is 13.4. The van der Waals surface area contributed by atoms with Gasteiger partial charge in [0.25, 0.3) is 5.91 Å². The molecule has 0 saturated carbocycles. The monoisotopic (exact) mass is 313 g/mol. The van der Waals surface area contributed by atoms with Gasteiger partial charge in [0.05, 0.1) is 5.69 Å². The van der Waals surface area contributed by atoms with Crippen molar-refractivity contribution in [2.75, 3.05) is 11.9 Å². The van der Waals surface area contributed by atoms with Gasteiger partial charge in [0.2, 0.25) is 11.7 Å². The van der Waals surface area contributed by atoms with Gasteiger partial charge in [-0.3, -0.25) is 9.59 Å². The van der Waals surface area contributed by atoms with E-state index in [0.717, 1.165) is 11.3 Å². The SMILES string of the molecule is CCc1nc(C)c(C(=O)NC2Cc3ccccc3N(C)C2=O)o1. The van der Waals surface area contributed by atoms with E-state index < -0.39 is 11.9 Å². The lowest BCUT2D eigenvalue weighted by molar-refractivity contribution is -0.120. The zero-order valence-electron chi connectivity index (χ0n) is 13.4. The van der Waals surface area contributed by atoms with Gasteiger partial charge in [-0.05, 0) is 18.6 Å². The summed E-state index contributed by atoms with van der Waals surface area (Å²) in [6.07, 6.45) is 1.09. The van der Waals surface area contributed by atoms with E-state index >= 15 is 0 Å². The van der Waals surface area contributed by atoms with E-state index in [9.17, 15) is 9.59 Å². The van der Waals surface area contributed by atoms with Crippen LogP contribution >= 0.6 is 0 Å². The average molecular weight is 313 g/mol. The molecule has 2 heterocycles. The summed E-state index contributed by atoms with van der Waals surface area (Å²) in [5.41, 5.74) is 2.45. The molecule has 0 radical (unpaired) electrons. The Bertz CT molecular complexity index is 766. The molecule has 1 aliphatic rings. The highest BCUT2D eigenvalue weighted by Crippen LogP contribution is 2.26. The summed E-state index contributed by atoms with van der Waals surface area (Å²) < 4.78 is 5.45. The molecule has 0 aliphatic carbocycles. The highest BCUT2D eigenvalue weighted by Gasteiger charge is 2.32. The average Bonchev–Trinajstić information content (AvgIpc) is 2.93. The van der Waals surface area contributed by atoms with Gasteiger partial charge >= 0.3 is 0 Å². The number of rotatable bonds is 3. The lowest BCUT2D eigenvalue weighted by atomic mass is 9.97. The van der Waals surface area contributed by atoms with Crippen LogP contribution in [-0.4, -0.2) is 29.9 Å². The molecule has 6 heteroatoms. The maximum atomic E-state index is 12.5. The molecular formula is C17H19N3O3. The summed E-state index contributed by atoms with van der Waals surface area (Å²) in [6, 6.07) is 7.09. The molecule has 1 aromatic carbocycles. The molecule has 0 spiro atoms. The summed E-state index contributed by atoms with van der Waals surface area (Å²) in [4.78, 5) is 30.6. The molecule has 6 nitrogen and oxygen atoms in total. The molecule has 120 valence electrons. The fourth-order valence-electron chi connectivity index (χ4n) is 2.82. The number of benzene rings is 1. The predicted molar refractivity (Wildman–Crippen MR) is 85.4 cm³/mol. The molecule has 3 rings (SSSR count). The largest absolute Gasteiger partial charge is 0.435 e. The van der Waals surface area contributed by atoms with Gasteiger partial charge < -0.3 is 14.6 Å². The molecule has 1 unspecified atom stereocenters. The summed E-state index contributed by atoms with van der Waals surface area (Å²) in [6.45, 7) is 3.63. The van der Waals surface area contributed by atoms with Crippen molar-refractivity contribution in [1.29, 1.82) is 0 Å². The first-order chi connectivity index (χ1) is 11.0. The fraction of sp³-hybridized carbons (Fsp3) is 0.353. The van der Waals surface area contributed by atoms with E-state index in [1.807, 2.05) is 31.2 Å². The number of hydrogen-bond acceptors (Lipinski definition) is 4. The highest BCUT2D eigenvalue weighted by molar-refractivity contribution is 6.03. The zero-order chi connectivity index (χ0) is 16.6. The Morgan fingerprint density at radius 1 is 1.43 bits per heavy atom. The lowest BCUT2D eigenvalue weighted by Crippen LogP contribution is -2.51. The maximum absolute atomic E-state index is 12.5. The Balaban J connectivity index is 1.81. The van der Waals surface area contributed by atoms with Gasteiger partial charge in [0.15, 0.2) is 5.89 Å². The summed E-state index contributed by atoms with van der Waals surface area (Å²) in [5, 5.41) is 2.77. The Hall–Kier alpha value is -2.63. The highest BCUT2D eigenvalue weighted by atomic mass is 16.4. The number of likely N-dealkylation sites (N-methyl/N-ethyl adjacent to an activating group) is 1. The quantitative estimate of drug-likeness (QED) is 0.938. The van der Waals surface area contributed by atoms with Crippen LogP contribution in [0.5, 0.6) is 0 Å². The van der Waals surface area contributed by atoms with Gasteiger partial charge in [0.1, 0.15) is 6.04 Å². The number of fused-ring (bicyclic) bond motifs is 1. The van der Waals surface area contributed by atoms with Crippen molar-refractivity contribution in [1.82, 2.24) is 10.3 Å². The predicted octanol–water partition coefficient (Wildman–Crippen LogP) is 1.86. The number of carbonyl (C=O) groups excluding carboxylic acids is 2. The summed E-state index contributed by atoms with van der Waals surface area (Å²) >= 11 is 0. The minimum absolute atomic E-state index is 0.134. The third-order valence-electron chi connectivity index (χ3n) is 4.06. The number of oxazole rings is 1. The number of amides is 2. The molecule has 1 aliphatic heterocycles. The van der Waals surface area contributed by atoms with Crippen LogP contribution in [-0.2, 0) is 17.6 Å². The van der Waals surface area contributed by atoms with E-state index in [1.165, 1.54) is 0 Å². The second-order valence-corrected chi connectivity index (χ2v) is 5.63. The molecule has 2 aromatic rings. The van der Waals surface area contributed by atoms with Crippen LogP contribution in [0.2, 0.25) is 0 Å². The van der Waals surface area contributed by atoms with Crippen LogP contribution in [0.3, 0.4) is 0 Å². The summed E-state index contributed by atoms with van der Waals surface area (Å²) in [7, 11) is 1.72. The van der Waals surface area contributed by atoms with Crippen molar-refractivity contribution in [2.45, 2.75) is 32.7 Å². The number of carbonyl (C=O) groups is 2. The van der Waals surface area contributed by atoms with Crippen LogP contribution < -0.4 is 10.2 Å². The number of hydrogen-bond donors (Lipinski definition) is 1. The van der Waals surface area contributed by atoms with Gasteiger partial charge in [-0.25, -0.2) is 4.98 Å². The van der Waals surface area contributed by atoms with Crippen LogP contribution in [0.15, 0.2) is 28.7 Å². The smallest absolute Gasteiger partial charge is 0.289 e. The number of nitrogens with one attached hydrogen (secondary N) is 1. The first-order valence-electron chi connectivity index (χ1n) is 7.64. The van der Waals surface area contributed by atoms with Crippen molar-refractivity contribution in [2.24, 2.45) is 0 Å². The number of para-hydroxylation sites is 1. The van der Waals surface area contributed by atoms with Gasteiger partial charge in [-0.2, -0.15) is 0 Å². The molecule has 1 N–H and O–H groups in total. The number of anilines is 1. The van der Waals surface area contributed by atoms with Crippen molar-refractivity contribution in [3.05, 3.63) is 47.2 Å². The number of nitrogens with zero attached hydrogens (tertiary/aromatic N) is 2. The Kier molecular flexibility index (Phi) is 3.90. The third-order valence-corrected chi connectivity index (χ3v) is 4.06. The minimum atomic E-state index is -0.600. The standard InChI is InChI=1S/C17H19N3O3/c1-4-14-18-10(2)15(23-14)16(21)19-12-9-11-7-5-6-8-13(11)20(3)17(12)22/h5-8,12H,4,9H2,1-3H3,(H,19,21). The molecule has 1 aromatic heterocycles. The van der Waals surface area contributed by atoms with E-state index in [0.29, 0.717) is 24.4 Å². The molecule has 0 bridgehead atoms. The molecule has 0 fully saturated rings. The first-order valence-corrected chi connectivity index (χ1v) is 7.64. The molecule has 23 heavy (non-hydrogen) atoms. The molecule has 1 atom stereocenters. The molecule has 0 saturated heterocycles. The maximum Gasteiger partial charge on any atom is 0.289 e. The van der Waals surface area contributed by atoms with Gasteiger partial charge in [-0.15, -0.1) is 0 Å². The van der Waals surface area contributed by atoms with Crippen LogP contribution in [0, 0.1) is 6.92 Å². The van der Waals surface area contributed by atoms with Gasteiger partial charge in [0, 0.05) is 25.6 Å². The number of aromatic nitrogens is 1. The Morgan fingerprint density at radius 3 is 2.87 bits per heavy atom. The topological polar surface area (TPSA) is 75.4 Å². The third kappa shape index (κ3) is 2.72. The fourth-order valence-corrected chi connectivity index (χ4v) is 2.82. The Morgan fingerprint density at radius 2 is 2.17 bits per heavy atom. The van der Waals surface area contributed by atoms with E-state index in [1.54, 1.807) is 18.9 Å². The lowest BCUT2D eigenvalue weighted by Gasteiger charge is -2.31. The van der Waals surface area contributed by atoms with Crippen LogP contribution in [0.25, 0.3) is 0 Å². The molecule has 2 amide bonds. The van der Waals surface area contributed by atoms with Crippen molar-refractivity contribution in [3.63, 3.8) is 0 Å². The van der Waals surface area contributed by atoms with Crippen molar-refractivity contribution < 1.29 is 14.0 Å². The second kappa shape index (κ2) is 5.87. The Labute approximate surface area is 134 Å². The van der Waals surface area contributed by atoms with Crippen LogP contribution in [0.1, 0.15) is 34.6 Å². The second-order valence-electron chi connectivity index (χ2n) is 5.63. The number of aryl methyl sites for hydroxylation is 2. The normalized spacial score (nSPS) is 17.1. The molecular weight excluding hydrogens is 294 g/mol. The van der Waals surface area contributed by atoms with Gasteiger partial charge in [-0.1, -0.05) is 25.1 Å². The minimum Gasteiger partial charge on any atom is -0.435 e. The first kappa shape index (κ1) is 15.3.